The van der Waals surface area contributed by atoms with Crippen LogP contribution >= 0.6 is 11.6 Å². The van der Waals surface area contributed by atoms with Gasteiger partial charge in [-0.1, -0.05) is 23.7 Å². The number of nitrogens with zero attached hydrogens (tertiary/aromatic N) is 2. The van der Waals surface area contributed by atoms with E-state index in [1.165, 1.54) is 18.5 Å². The number of hydrogen-bond acceptors (Lipinski definition) is 3. The monoisotopic (exact) mass is 265 g/mol. The van der Waals surface area contributed by atoms with E-state index >= 15 is 0 Å². The Kier molecular flexibility index (Phi) is 4.10. The number of nitrogens with one attached hydrogen (secondary N) is 1. The first-order chi connectivity index (χ1) is 8.66. The SMILES string of the molecule is Cc1c(Cl)ncnc1NCCc1cccc(F)c1. The normalized spacial score (nSPS) is 10.4. The first kappa shape index (κ1) is 12.8. The topological polar surface area (TPSA) is 37.8 Å². The van der Waals surface area contributed by atoms with Crippen molar-refractivity contribution in [2.75, 3.05) is 11.9 Å². The van der Waals surface area contributed by atoms with Crippen LogP contribution in [0, 0.1) is 12.7 Å². The molecule has 18 heavy (non-hydrogen) atoms. The third kappa shape index (κ3) is 3.17. The van der Waals surface area contributed by atoms with Crippen LogP contribution in [0.2, 0.25) is 5.15 Å². The second-order valence-corrected chi connectivity index (χ2v) is 4.30. The summed E-state index contributed by atoms with van der Waals surface area (Å²) in [4.78, 5) is 7.99. The highest BCUT2D eigenvalue weighted by molar-refractivity contribution is 6.30. The third-order valence-electron chi connectivity index (χ3n) is 2.62. The van der Waals surface area contributed by atoms with E-state index in [1.54, 1.807) is 6.07 Å². The molecular weight excluding hydrogens is 253 g/mol. The summed E-state index contributed by atoms with van der Waals surface area (Å²) in [5.74, 6) is 0.500. The molecule has 1 heterocycles. The van der Waals surface area contributed by atoms with E-state index < -0.39 is 0 Å². The van der Waals surface area contributed by atoms with Crippen molar-refractivity contribution in [2.24, 2.45) is 0 Å². The lowest BCUT2D eigenvalue weighted by Gasteiger charge is -2.08. The fourth-order valence-electron chi connectivity index (χ4n) is 1.62. The maximum absolute atomic E-state index is 13.0. The summed E-state index contributed by atoms with van der Waals surface area (Å²) in [7, 11) is 0. The third-order valence-corrected chi connectivity index (χ3v) is 3.00. The molecule has 0 spiro atoms. The summed E-state index contributed by atoms with van der Waals surface area (Å²) in [6.07, 6.45) is 2.14. The molecule has 1 aromatic carbocycles. The zero-order valence-corrected chi connectivity index (χ0v) is 10.7. The van der Waals surface area contributed by atoms with Gasteiger partial charge < -0.3 is 5.32 Å². The molecule has 0 fully saturated rings. The highest BCUT2D eigenvalue weighted by atomic mass is 35.5. The molecule has 0 radical (unpaired) electrons. The van der Waals surface area contributed by atoms with E-state index in [4.69, 9.17) is 11.6 Å². The van der Waals surface area contributed by atoms with E-state index in [0.717, 1.165) is 17.5 Å². The molecule has 1 aromatic heterocycles. The van der Waals surface area contributed by atoms with Crippen molar-refractivity contribution >= 4 is 17.4 Å². The summed E-state index contributed by atoms with van der Waals surface area (Å²) in [5.41, 5.74) is 1.76. The van der Waals surface area contributed by atoms with Crippen molar-refractivity contribution in [3.05, 3.63) is 52.7 Å². The zero-order chi connectivity index (χ0) is 13.0. The predicted octanol–water partition coefficient (Wildman–Crippen LogP) is 3.23. The maximum Gasteiger partial charge on any atom is 0.137 e. The Morgan fingerprint density at radius 3 is 2.94 bits per heavy atom. The number of aromatic nitrogens is 2. The minimum absolute atomic E-state index is 0.214. The number of hydrogen-bond donors (Lipinski definition) is 1. The van der Waals surface area contributed by atoms with Gasteiger partial charge in [-0.3, -0.25) is 0 Å². The van der Waals surface area contributed by atoms with Crippen LogP contribution in [0.3, 0.4) is 0 Å². The molecule has 0 aliphatic carbocycles. The van der Waals surface area contributed by atoms with Crippen LogP contribution < -0.4 is 5.32 Å². The van der Waals surface area contributed by atoms with Gasteiger partial charge in [0.05, 0.1) is 0 Å². The maximum atomic E-state index is 13.0. The van der Waals surface area contributed by atoms with E-state index in [0.29, 0.717) is 17.5 Å². The van der Waals surface area contributed by atoms with Crippen LogP contribution in [0.25, 0.3) is 0 Å². The Morgan fingerprint density at radius 2 is 2.17 bits per heavy atom. The largest absolute Gasteiger partial charge is 0.369 e. The highest BCUT2D eigenvalue weighted by Crippen LogP contribution is 2.17. The molecule has 3 nitrogen and oxygen atoms in total. The molecular formula is C13H13ClFN3. The average Bonchev–Trinajstić information content (AvgIpc) is 2.35. The van der Waals surface area contributed by atoms with Crippen LogP contribution in [0.5, 0.6) is 0 Å². The minimum Gasteiger partial charge on any atom is -0.369 e. The van der Waals surface area contributed by atoms with Gasteiger partial charge >= 0.3 is 0 Å². The molecule has 2 aromatic rings. The predicted molar refractivity (Wildman–Crippen MR) is 70.4 cm³/mol. The fourth-order valence-corrected chi connectivity index (χ4v) is 1.76. The average molecular weight is 266 g/mol. The summed E-state index contributed by atoms with van der Waals surface area (Å²) in [6, 6.07) is 6.56. The van der Waals surface area contributed by atoms with Gasteiger partial charge in [-0.05, 0) is 31.0 Å². The van der Waals surface area contributed by atoms with Crippen LogP contribution in [-0.4, -0.2) is 16.5 Å². The van der Waals surface area contributed by atoms with E-state index in [1.807, 2.05) is 13.0 Å². The van der Waals surface area contributed by atoms with Gasteiger partial charge in [0, 0.05) is 12.1 Å². The Labute approximate surface area is 110 Å². The number of anilines is 1. The van der Waals surface area contributed by atoms with Crippen LogP contribution in [0.15, 0.2) is 30.6 Å². The van der Waals surface area contributed by atoms with Gasteiger partial charge in [-0.15, -0.1) is 0 Å². The lowest BCUT2D eigenvalue weighted by atomic mass is 10.1. The summed E-state index contributed by atoms with van der Waals surface area (Å²) in [6.45, 7) is 2.52. The Hall–Kier alpha value is -1.68. The molecule has 0 aliphatic rings. The molecule has 0 saturated heterocycles. The van der Waals surface area contributed by atoms with Crippen molar-refractivity contribution in [1.29, 1.82) is 0 Å². The minimum atomic E-state index is -0.214. The lowest BCUT2D eigenvalue weighted by Crippen LogP contribution is -2.08. The molecule has 2 rings (SSSR count). The Bertz CT molecular complexity index is 546. The van der Waals surface area contributed by atoms with Crippen LogP contribution in [0.1, 0.15) is 11.1 Å². The summed E-state index contributed by atoms with van der Waals surface area (Å²) < 4.78 is 13.0. The quantitative estimate of drug-likeness (QED) is 0.863. The molecule has 0 saturated carbocycles. The number of halogens is 2. The molecule has 0 amide bonds. The van der Waals surface area contributed by atoms with Gasteiger partial charge in [-0.25, -0.2) is 14.4 Å². The van der Waals surface area contributed by atoms with Crippen molar-refractivity contribution in [3.63, 3.8) is 0 Å². The van der Waals surface area contributed by atoms with Crippen LogP contribution in [0.4, 0.5) is 10.2 Å². The number of benzene rings is 1. The second kappa shape index (κ2) is 5.78. The number of rotatable bonds is 4. The lowest BCUT2D eigenvalue weighted by molar-refractivity contribution is 0.625. The summed E-state index contributed by atoms with van der Waals surface area (Å²) >= 11 is 5.89. The smallest absolute Gasteiger partial charge is 0.137 e. The first-order valence-electron chi connectivity index (χ1n) is 5.62. The zero-order valence-electron chi connectivity index (χ0n) is 9.95. The van der Waals surface area contributed by atoms with E-state index in [2.05, 4.69) is 15.3 Å². The van der Waals surface area contributed by atoms with Crippen molar-refractivity contribution in [1.82, 2.24) is 9.97 Å². The van der Waals surface area contributed by atoms with Crippen LogP contribution in [-0.2, 0) is 6.42 Å². The fraction of sp³-hybridized carbons (Fsp3) is 0.231. The van der Waals surface area contributed by atoms with Gasteiger partial charge in [-0.2, -0.15) is 0 Å². The molecule has 94 valence electrons. The van der Waals surface area contributed by atoms with Gasteiger partial charge in [0.2, 0.25) is 0 Å². The summed E-state index contributed by atoms with van der Waals surface area (Å²) in [5, 5.41) is 3.61. The highest BCUT2D eigenvalue weighted by Gasteiger charge is 2.04. The van der Waals surface area contributed by atoms with E-state index in [-0.39, 0.29) is 5.82 Å². The second-order valence-electron chi connectivity index (χ2n) is 3.94. The van der Waals surface area contributed by atoms with Gasteiger partial charge in [0.15, 0.2) is 0 Å². The Balaban J connectivity index is 1.94. The molecule has 0 unspecified atom stereocenters. The van der Waals surface area contributed by atoms with Gasteiger partial charge in [0.25, 0.3) is 0 Å². The molecule has 0 atom stereocenters. The standard InChI is InChI=1S/C13H13ClFN3/c1-9-12(14)17-8-18-13(9)16-6-5-10-3-2-4-11(15)7-10/h2-4,7-8H,5-6H2,1H3,(H,16,17,18). The molecule has 1 N–H and O–H groups in total. The Morgan fingerprint density at radius 1 is 1.33 bits per heavy atom. The van der Waals surface area contributed by atoms with Crippen molar-refractivity contribution in [3.8, 4) is 0 Å². The van der Waals surface area contributed by atoms with Gasteiger partial charge in [0.1, 0.15) is 23.1 Å². The molecule has 0 aliphatic heterocycles. The molecule has 5 heteroatoms. The van der Waals surface area contributed by atoms with E-state index in [9.17, 15) is 4.39 Å². The van der Waals surface area contributed by atoms with Crippen molar-refractivity contribution in [2.45, 2.75) is 13.3 Å². The molecule has 0 bridgehead atoms. The van der Waals surface area contributed by atoms with Crippen molar-refractivity contribution < 1.29 is 4.39 Å². The first-order valence-corrected chi connectivity index (χ1v) is 6.00.